The van der Waals surface area contributed by atoms with E-state index in [0.717, 1.165) is 10.9 Å². The number of benzene rings is 2. The summed E-state index contributed by atoms with van der Waals surface area (Å²) in [7, 11) is 0. The highest BCUT2D eigenvalue weighted by Crippen LogP contribution is 2.31. The molecule has 6 heteroatoms. The molecule has 1 fully saturated rings. The Morgan fingerprint density at radius 2 is 1.92 bits per heavy atom. The van der Waals surface area contributed by atoms with E-state index in [1.807, 2.05) is 42.5 Å². The third kappa shape index (κ3) is 3.13. The smallest absolute Gasteiger partial charge is 0.229 e. The van der Waals surface area contributed by atoms with Gasteiger partial charge in [0.1, 0.15) is 0 Å². The zero-order chi connectivity index (χ0) is 18.1. The molecule has 2 aromatic carbocycles. The van der Waals surface area contributed by atoms with Crippen LogP contribution in [0.2, 0.25) is 5.02 Å². The molecule has 0 spiro atoms. The lowest BCUT2D eigenvalue weighted by atomic mass is 10.1. The maximum atomic E-state index is 12.6. The van der Waals surface area contributed by atoms with Gasteiger partial charge in [0.2, 0.25) is 11.8 Å². The van der Waals surface area contributed by atoms with Crippen LogP contribution in [-0.2, 0) is 9.59 Å². The van der Waals surface area contributed by atoms with Crippen molar-refractivity contribution < 1.29 is 9.59 Å². The number of nitrogens with zero attached hydrogens (tertiary/aromatic N) is 2. The third-order valence-electron chi connectivity index (χ3n) is 4.50. The highest BCUT2D eigenvalue weighted by Gasteiger charge is 2.35. The fourth-order valence-corrected chi connectivity index (χ4v) is 3.41. The first-order valence-electron chi connectivity index (χ1n) is 8.32. The second-order valence-corrected chi connectivity index (χ2v) is 6.67. The number of hydrogen-bond acceptors (Lipinski definition) is 3. The van der Waals surface area contributed by atoms with Crippen molar-refractivity contribution in [1.29, 1.82) is 0 Å². The van der Waals surface area contributed by atoms with Crippen LogP contribution in [0.4, 0.5) is 11.4 Å². The van der Waals surface area contributed by atoms with Gasteiger partial charge in [0.05, 0.1) is 34.0 Å². The van der Waals surface area contributed by atoms with Gasteiger partial charge in [-0.1, -0.05) is 41.9 Å². The highest BCUT2D eigenvalue weighted by atomic mass is 35.5. The lowest BCUT2D eigenvalue weighted by Crippen LogP contribution is -2.28. The summed E-state index contributed by atoms with van der Waals surface area (Å²) < 4.78 is 0. The first-order valence-corrected chi connectivity index (χ1v) is 8.70. The second kappa shape index (κ2) is 6.77. The Labute approximate surface area is 155 Å². The zero-order valence-electron chi connectivity index (χ0n) is 13.9. The molecule has 0 aliphatic carbocycles. The van der Waals surface area contributed by atoms with Crippen LogP contribution in [0.15, 0.2) is 60.8 Å². The average Bonchev–Trinajstić information content (AvgIpc) is 3.04. The molecule has 26 heavy (non-hydrogen) atoms. The summed E-state index contributed by atoms with van der Waals surface area (Å²) >= 11 is 6.18. The number of hydrogen-bond donors (Lipinski definition) is 1. The molecule has 1 unspecified atom stereocenters. The fraction of sp³-hybridized carbons (Fsp3) is 0.150. The van der Waals surface area contributed by atoms with Gasteiger partial charge < -0.3 is 10.2 Å². The summed E-state index contributed by atoms with van der Waals surface area (Å²) in [6.45, 7) is 0.315. The summed E-state index contributed by atoms with van der Waals surface area (Å²) in [6, 6.07) is 16.7. The molecule has 3 aromatic rings. The van der Waals surface area contributed by atoms with Crippen molar-refractivity contribution in [2.45, 2.75) is 6.42 Å². The number of fused-ring (bicyclic) bond motifs is 1. The average molecular weight is 366 g/mol. The fourth-order valence-electron chi connectivity index (χ4n) is 3.17. The van der Waals surface area contributed by atoms with Gasteiger partial charge >= 0.3 is 0 Å². The molecule has 0 radical (unpaired) electrons. The first-order chi connectivity index (χ1) is 12.6. The standard InChI is InChI=1S/C20H16ClN3O2/c21-16-6-2-4-8-18(16)24-12-14(10-19(24)25)20(26)23-15-9-13-5-1-3-7-17(13)22-11-15/h1-9,11,14H,10,12H2,(H,23,26). The minimum absolute atomic E-state index is 0.102. The summed E-state index contributed by atoms with van der Waals surface area (Å²) in [5.74, 6) is -0.717. The van der Waals surface area contributed by atoms with Crippen LogP contribution in [0.25, 0.3) is 10.9 Å². The van der Waals surface area contributed by atoms with Gasteiger partial charge in [-0.05, 0) is 24.3 Å². The number of amides is 2. The molecule has 0 bridgehead atoms. The van der Waals surface area contributed by atoms with Crippen LogP contribution in [0.1, 0.15) is 6.42 Å². The van der Waals surface area contributed by atoms with Gasteiger partial charge in [0.25, 0.3) is 0 Å². The third-order valence-corrected chi connectivity index (χ3v) is 4.82. The number of nitrogens with one attached hydrogen (secondary N) is 1. The second-order valence-electron chi connectivity index (χ2n) is 6.26. The van der Waals surface area contributed by atoms with E-state index in [4.69, 9.17) is 11.6 Å². The Hall–Kier alpha value is -2.92. The Kier molecular flexibility index (Phi) is 4.31. The molecule has 2 amide bonds. The molecule has 4 rings (SSSR count). The lowest BCUT2D eigenvalue weighted by molar-refractivity contribution is -0.122. The van der Waals surface area contributed by atoms with E-state index >= 15 is 0 Å². The predicted molar refractivity (Wildman–Crippen MR) is 102 cm³/mol. The van der Waals surface area contributed by atoms with Crippen LogP contribution in [0.3, 0.4) is 0 Å². The number of para-hydroxylation sites is 2. The number of aromatic nitrogens is 1. The predicted octanol–water partition coefficient (Wildman–Crippen LogP) is 3.88. The Morgan fingerprint density at radius 1 is 1.15 bits per heavy atom. The summed E-state index contributed by atoms with van der Waals surface area (Å²) in [5, 5.41) is 4.32. The van der Waals surface area contributed by atoms with Gasteiger partial charge in [0.15, 0.2) is 0 Å². The summed E-state index contributed by atoms with van der Waals surface area (Å²) in [4.78, 5) is 30.9. The van der Waals surface area contributed by atoms with Gasteiger partial charge in [-0.2, -0.15) is 0 Å². The molecule has 5 nitrogen and oxygen atoms in total. The number of pyridine rings is 1. The molecular formula is C20H16ClN3O2. The Bertz CT molecular complexity index is 1010. The van der Waals surface area contributed by atoms with E-state index in [2.05, 4.69) is 10.3 Å². The van der Waals surface area contributed by atoms with Crippen molar-refractivity contribution in [3.63, 3.8) is 0 Å². The van der Waals surface area contributed by atoms with Crippen molar-refractivity contribution in [2.24, 2.45) is 5.92 Å². The molecule has 130 valence electrons. The maximum absolute atomic E-state index is 12.6. The molecule has 1 aliphatic heterocycles. The number of carbonyl (C=O) groups is 2. The molecule has 1 saturated heterocycles. The summed E-state index contributed by atoms with van der Waals surface area (Å²) in [6.07, 6.45) is 1.79. The maximum Gasteiger partial charge on any atom is 0.229 e. The van der Waals surface area contributed by atoms with Crippen molar-refractivity contribution >= 4 is 45.7 Å². The molecule has 1 aliphatic rings. The van der Waals surface area contributed by atoms with Crippen LogP contribution >= 0.6 is 11.6 Å². The largest absolute Gasteiger partial charge is 0.324 e. The van der Waals surface area contributed by atoms with Crippen molar-refractivity contribution in [3.8, 4) is 0 Å². The monoisotopic (exact) mass is 365 g/mol. The number of rotatable bonds is 3. The number of halogens is 1. The normalized spacial score (nSPS) is 16.9. The SMILES string of the molecule is O=C(Nc1cnc2ccccc2c1)C1CC(=O)N(c2ccccc2Cl)C1. The van der Waals surface area contributed by atoms with E-state index < -0.39 is 5.92 Å². The number of carbonyl (C=O) groups excluding carboxylic acids is 2. The first kappa shape index (κ1) is 16.5. The van der Waals surface area contributed by atoms with Crippen molar-refractivity contribution in [3.05, 3.63) is 65.8 Å². The van der Waals surface area contributed by atoms with Gasteiger partial charge in [-0.15, -0.1) is 0 Å². The molecule has 1 atom stereocenters. The van der Waals surface area contributed by atoms with Crippen LogP contribution in [0, 0.1) is 5.92 Å². The van der Waals surface area contributed by atoms with Crippen molar-refractivity contribution in [1.82, 2.24) is 4.98 Å². The van der Waals surface area contributed by atoms with Crippen LogP contribution in [-0.4, -0.2) is 23.3 Å². The van der Waals surface area contributed by atoms with Crippen LogP contribution < -0.4 is 10.2 Å². The zero-order valence-corrected chi connectivity index (χ0v) is 14.6. The minimum Gasteiger partial charge on any atom is -0.324 e. The summed E-state index contributed by atoms with van der Waals surface area (Å²) in [5.41, 5.74) is 2.13. The van der Waals surface area contributed by atoms with Crippen LogP contribution in [0.5, 0.6) is 0 Å². The molecule has 1 N–H and O–H groups in total. The quantitative estimate of drug-likeness (QED) is 0.766. The van der Waals surface area contributed by atoms with Crippen molar-refractivity contribution in [2.75, 3.05) is 16.8 Å². The molecule has 2 heterocycles. The highest BCUT2D eigenvalue weighted by molar-refractivity contribution is 6.33. The number of anilines is 2. The molecule has 1 aromatic heterocycles. The Morgan fingerprint density at radius 3 is 2.77 bits per heavy atom. The molecular weight excluding hydrogens is 350 g/mol. The van der Waals surface area contributed by atoms with Gasteiger partial charge in [-0.25, -0.2) is 0 Å². The molecule has 0 saturated carbocycles. The van der Waals surface area contributed by atoms with E-state index in [1.54, 1.807) is 23.2 Å². The lowest BCUT2D eigenvalue weighted by Gasteiger charge is -2.18. The van der Waals surface area contributed by atoms with E-state index in [0.29, 0.717) is 22.9 Å². The van der Waals surface area contributed by atoms with E-state index in [1.165, 1.54) is 0 Å². The van der Waals surface area contributed by atoms with E-state index in [9.17, 15) is 9.59 Å². The minimum atomic E-state index is -0.426. The topological polar surface area (TPSA) is 62.3 Å². The Balaban J connectivity index is 1.50. The van der Waals surface area contributed by atoms with E-state index in [-0.39, 0.29) is 18.2 Å². The van der Waals surface area contributed by atoms with Gasteiger partial charge in [0, 0.05) is 18.4 Å². The van der Waals surface area contributed by atoms with Gasteiger partial charge in [-0.3, -0.25) is 14.6 Å².